The van der Waals surface area contributed by atoms with E-state index in [1.165, 1.54) is 25.7 Å². The molecule has 0 radical (unpaired) electrons. The van der Waals surface area contributed by atoms with Crippen LogP contribution in [0.2, 0.25) is 0 Å². The van der Waals surface area contributed by atoms with Gasteiger partial charge in [-0.1, -0.05) is 33.6 Å². The highest BCUT2D eigenvalue weighted by Gasteiger charge is 2.37. The number of amides is 1. The largest absolute Gasteiger partial charge is 0.352 e. The summed E-state index contributed by atoms with van der Waals surface area (Å²) in [4.78, 5) is 12.5. The summed E-state index contributed by atoms with van der Waals surface area (Å²) in [6.07, 6.45) is 8.46. The van der Waals surface area contributed by atoms with E-state index in [9.17, 15) is 4.79 Å². The van der Waals surface area contributed by atoms with Crippen molar-refractivity contribution < 1.29 is 4.79 Å². The highest BCUT2D eigenvalue weighted by Crippen LogP contribution is 2.30. The first-order valence-electron chi connectivity index (χ1n) is 8.03. The molecule has 1 heterocycles. The van der Waals surface area contributed by atoms with Gasteiger partial charge in [0.1, 0.15) is 0 Å². The van der Waals surface area contributed by atoms with Crippen LogP contribution in [0.3, 0.4) is 0 Å². The minimum Gasteiger partial charge on any atom is -0.352 e. The second-order valence-corrected chi connectivity index (χ2v) is 7.30. The normalized spacial score (nSPS) is 35.4. The Morgan fingerprint density at radius 2 is 1.95 bits per heavy atom. The maximum atomic E-state index is 12.5. The SMILES string of the molecule is CC1CCCC(NC(=O)C2NCCCC2(C)C)CC1. The summed E-state index contributed by atoms with van der Waals surface area (Å²) in [5.41, 5.74) is 0.0837. The van der Waals surface area contributed by atoms with Gasteiger partial charge in [0.15, 0.2) is 0 Å². The van der Waals surface area contributed by atoms with Gasteiger partial charge in [-0.2, -0.15) is 0 Å². The quantitative estimate of drug-likeness (QED) is 0.755. The number of rotatable bonds is 2. The standard InChI is InChI=1S/C16H30N2O/c1-12-6-4-7-13(9-8-12)18-15(19)14-16(2,3)10-5-11-17-14/h12-14,17H,4-11H2,1-3H3,(H,18,19). The Bertz CT molecular complexity index is 314. The fourth-order valence-corrected chi connectivity index (χ4v) is 3.57. The summed E-state index contributed by atoms with van der Waals surface area (Å²) in [7, 11) is 0. The average molecular weight is 266 g/mol. The van der Waals surface area contributed by atoms with E-state index < -0.39 is 0 Å². The zero-order valence-corrected chi connectivity index (χ0v) is 12.8. The first-order chi connectivity index (χ1) is 8.99. The third-order valence-corrected chi connectivity index (χ3v) is 4.99. The maximum absolute atomic E-state index is 12.5. The topological polar surface area (TPSA) is 41.1 Å². The molecular weight excluding hydrogens is 236 g/mol. The molecule has 1 saturated heterocycles. The van der Waals surface area contributed by atoms with Gasteiger partial charge in [0.2, 0.25) is 5.91 Å². The minimum absolute atomic E-state index is 0.0121. The van der Waals surface area contributed by atoms with Crippen LogP contribution in [0.1, 0.15) is 65.7 Å². The van der Waals surface area contributed by atoms with Crippen molar-refractivity contribution in [1.29, 1.82) is 0 Å². The van der Waals surface area contributed by atoms with Crippen LogP contribution in [0.25, 0.3) is 0 Å². The number of carbonyl (C=O) groups excluding carboxylic acids is 1. The molecule has 0 aromatic heterocycles. The van der Waals surface area contributed by atoms with Crippen molar-refractivity contribution in [1.82, 2.24) is 10.6 Å². The second-order valence-electron chi connectivity index (χ2n) is 7.30. The van der Waals surface area contributed by atoms with Gasteiger partial charge in [-0.15, -0.1) is 0 Å². The predicted octanol–water partition coefficient (Wildman–Crippen LogP) is 2.85. The number of nitrogens with one attached hydrogen (secondary N) is 2. The summed E-state index contributed by atoms with van der Waals surface area (Å²) in [6, 6.07) is 0.388. The lowest BCUT2D eigenvalue weighted by Crippen LogP contribution is -2.57. The van der Waals surface area contributed by atoms with E-state index in [0.29, 0.717) is 6.04 Å². The van der Waals surface area contributed by atoms with E-state index in [1.54, 1.807) is 0 Å². The lowest BCUT2D eigenvalue weighted by atomic mass is 9.77. The van der Waals surface area contributed by atoms with Crippen molar-refractivity contribution in [2.45, 2.75) is 77.8 Å². The molecule has 2 fully saturated rings. The summed E-state index contributed by atoms with van der Waals surface area (Å²) < 4.78 is 0. The molecule has 0 aromatic rings. The third-order valence-electron chi connectivity index (χ3n) is 4.99. The average Bonchev–Trinajstić information content (AvgIpc) is 2.54. The van der Waals surface area contributed by atoms with Crippen molar-refractivity contribution in [2.75, 3.05) is 6.54 Å². The lowest BCUT2D eigenvalue weighted by molar-refractivity contribution is -0.127. The molecule has 3 heteroatoms. The Labute approximate surface area is 117 Å². The Morgan fingerprint density at radius 3 is 2.68 bits per heavy atom. The second kappa shape index (κ2) is 6.25. The maximum Gasteiger partial charge on any atom is 0.237 e. The molecule has 0 aromatic carbocycles. The molecule has 0 bridgehead atoms. The molecule has 110 valence electrons. The van der Waals surface area contributed by atoms with Crippen LogP contribution < -0.4 is 10.6 Å². The lowest BCUT2D eigenvalue weighted by Gasteiger charge is -2.39. The van der Waals surface area contributed by atoms with Gasteiger partial charge in [-0.25, -0.2) is 0 Å². The Kier molecular flexibility index (Phi) is 4.88. The van der Waals surface area contributed by atoms with Gasteiger partial charge in [-0.3, -0.25) is 4.79 Å². The smallest absolute Gasteiger partial charge is 0.237 e. The summed E-state index contributed by atoms with van der Waals surface area (Å²) in [5, 5.41) is 6.71. The molecule has 3 atom stereocenters. The Balaban J connectivity index is 1.89. The zero-order chi connectivity index (χ0) is 13.9. The first kappa shape index (κ1) is 14.8. The first-order valence-corrected chi connectivity index (χ1v) is 8.03. The van der Waals surface area contributed by atoms with E-state index in [-0.39, 0.29) is 17.4 Å². The molecule has 1 amide bonds. The van der Waals surface area contributed by atoms with Crippen LogP contribution in [-0.2, 0) is 4.79 Å². The fourth-order valence-electron chi connectivity index (χ4n) is 3.57. The van der Waals surface area contributed by atoms with Gasteiger partial charge in [-0.05, 0) is 50.0 Å². The highest BCUT2D eigenvalue weighted by atomic mass is 16.2. The number of carbonyl (C=O) groups is 1. The molecule has 2 rings (SSSR count). The van der Waals surface area contributed by atoms with Gasteiger partial charge in [0, 0.05) is 6.04 Å². The van der Waals surface area contributed by atoms with Crippen LogP contribution in [0.15, 0.2) is 0 Å². The number of piperidine rings is 1. The molecule has 0 spiro atoms. The van der Waals surface area contributed by atoms with Gasteiger partial charge in [0.25, 0.3) is 0 Å². The van der Waals surface area contributed by atoms with Crippen LogP contribution in [-0.4, -0.2) is 24.5 Å². The fraction of sp³-hybridized carbons (Fsp3) is 0.938. The highest BCUT2D eigenvalue weighted by molar-refractivity contribution is 5.83. The van der Waals surface area contributed by atoms with Gasteiger partial charge < -0.3 is 10.6 Å². The molecule has 3 nitrogen and oxygen atoms in total. The van der Waals surface area contributed by atoms with Crippen molar-refractivity contribution in [3.63, 3.8) is 0 Å². The Morgan fingerprint density at radius 1 is 1.16 bits per heavy atom. The number of hydrogen-bond acceptors (Lipinski definition) is 2. The van der Waals surface area contributed by atoms with Crippen LogP contribution >= 0.6 is 0 Å². The van der Waals surface area contributed by atoms with E-state index >= 15 is 0 Å². The number of hydrogen-bond donors (Lipinski definition) is 2. The summed E-state index contributed by atoms with van der Waals surface area (Å²) in [6.45, 7) is 7.72. The molecule has 19 heavy (non-hydrogen) atoms. The van der Waals surface area contributed by atoms with Crippen molar-refractivity contribution in [3.8, 4) is 0 Å². The molecular formula is C16H30N2O. The predicted molar refractivity (Wildman–Crippen MR) is 79.0 cm³/mol. The Hall–Kier alpha value is -0.570. The minimum atomic E-state index is -0.0121. The third kappa shape index (κ3) is 3.95. The van der Waals surface area contributed by atoms with Crippen LogP contribution in [0.5, 0.6) is 0 Å². The van der Waals surface area contributed by atoms with Crippen molar-refractivity contribution >= 4 is 5.91 Å². The molecule has 1 aliphatic carbocycles. The van der Waals surface area contributed by atoms with Gasteiger partial charge >= 0.3 is 0 Å². The molecule has 2 N–H and O–H groups in total. The van der Waals surface area contributed by atoms with Crippen molar-refractivity contribution in [2.24, 2.45) is 11.3 Å². The van der Waals surface area contributed by atoms with Gasteiger partial charge in [0.05, 0.1) is 6.04 Å². The van der Waals surface area contributed by atoms with E-state index in [2.05, 4.69) is 31.4 Å². The van der Waals surface area contributed by atoms with E-state index in [1.807, 2.05) is 0 Å². The summed E-state index contributed by atoms with van der Waals surface area (Å²) >= 11 is 0. The van der Waals surface area contributed by atoms with Crippen LogP contribution in [0, 0.1) is 11.3 Å². The van der Waals surface area contributed by atoms with E-state index in [0.717, 1.165) is 31.7 Å². The monoisotopic (exact) mass is 266 g/mol. The summed E-state index contributed by atoms with van der Waals surface area (Å²) in [5.74, 6) is 1.05. The van der Waals surface area contributed by atoms with E-state index in [4.69, 9.17) is 0 Å². The molecule has 1 saturated carbocycles. The van der Waals surface area contributed by atoms with Crippen LogP contribution in [0.4, 0.5) is 0 Å². The zero-order valence-electron chi connectivity index (χ0n) is 12.8. The van der Waals surface area contributed by atoms with Crippen molar-refractivity contribution in [3.05, 3.63) is 0 Å². The molecule has 3 unspecified atom stereocenters. The molecule has 1 aliphatic heterocycles. The molecule has 2 aliphatic rings.